The number of hydrogen-bond acceptors (Lipinski definition) is 5. The molecule has 1 N–H and O–H groups in total. The SMILES string of the molecule is CCCS(=O)(=O)NC1CCCN(C(=O)OC(C)C)C1Cc1cccc(-c2ccccc2)n1. The molecular weight excluding hydrogens is 426 g/mol. The minimum atomic E-state index is -3.43. The van der Waals surface area contributed by atoms with Gasteiger partial charge in [0.15, 0.2) is 0 Å². The number of nitrogens with one attached hydrogen (secondary N) is 1. The predicted molar refractivity (Wildman–Crippen MR) is 126 cm³/mol. The molecule has 0 saturated carbocycles. The minimum absolute atomic E-state index is 0.0639. The van der Waals surface area contributed by atoms with E-state index in [2.05, 4.69) is 4.72 Å². The first-order chi connectivity index (χ1) is 15.3. The molecular formula is C24H33N3O4S. The first-order valence-electron chi connectivity index (χ1n) is 11.3. The van der Waals surface area contributed by atoms with Crippen molar-refractivity contribution in [2.45, 2.75) is 64.6 Å². The van der Waals surface area contributed by atoms with Crippen LogP contribution in [-0.2, 0) is 21.2 Å². The van der Waals surface area contributed by atoms with Crippen LogP contribution in [0.3, 0.4) is 0 Å². The Kier molecular flexibility index (Phi) is 8.26. The second-order valence-corrected chi connectivity index (χ2v) is 10.3. The van der Waals surface area contributed by atoms with E-state index < -0.39 is 16.1 Å². The number of piperidine rings is 1. The molecule has 0 bridgehead atoms. The van der Waals surface area contributed by atoms with E-state index in [0.29, 0.717) is 32.2 Å². The van der Waals surface area contributed by atoms with Gasteiger partial charge in [-0.05, 0) is 45.2 Å². The van der Waals surface area contributed by atoms with Gasteiger partial charge in [0.05, 0.1) is 23.6 Å². The topological polar surface area (TPSA) is 88.6 Å². The lowest BCUT2D eigenvalue weighted by Gasteiger charge is -2.41. The van der Waals surface area contributed by atoms with Crippen molar-refractivity contribution in [1.29, 1.82) is 0 Å². The summed E-state index contributed by atoms with van der Waals surface area (Å²) in [5.41, 5.74) is 2.66. The average Bonchev–Trinajstić information content (AvgIpc) is 2.75. The van der Waals surface area contributed by atoms with Gasteiger partial charge in [0, 0.05) is 30.3 Å². The number of aromatic nitrogens is 1. The molecule has 3 rings (SSSR count). The van der Waals surface area contributed by atoms with Gasteiger partial charge in [0.2, 0.25) is 10.0 Å². The zero-order chi connectivity index (χ0) is 23.1. The van der Waals surface area contributed by atoms with Crippen molar-refractivity contribution in [2.24, 2.45) is 0 Å². The Hall–Kier alpha value is -2.45. The fraction of sp³-hybridized carbons (Fsp3) is 0.500. The van der Waals surface area contributed by atoms with Crippen LogP contribution in [-0.4, -0.2) is 54.9 Å². The number of carbonyl (C=O) groups excluding carboxylic acids is 1. The maximum Gasteiger partial charge on any atom is 0.410 e. The van der Waals surface area contributed by atoms with Crippen LogP contribution < -0.4 is 4.72 Å². The van der Waals surface area contributed by atoms with E-state index in [4.69, 9.17) is 9.72 Å². The molecule has 0 radical (unpaired) electrons. The highest BCUT2D eigenvalue weighted by atomic mass is 32.2. The Balaban J connectivity index is 1.89. The number of amides is 1. The third-order valence-corrected chi connectivity index (χ3v) is 7.06. The van der Waals surface area contributed by atoms with Crippen LogP contribution in [0.15, 0.2) is 48.5 Å². The molecule has 32 heavy (non-hydrogen) atoms. The maximum atomic E-state index is 12.8. The summed E-state index contributed by atoms with van der Waals surface area (Å²) in [6.45, 7) is 5.98. The van der Waals surface area contributed by atoms with Gasteiger partial charge >= 0.3 is 6.09 Å². The number of pyridine rings is 1. The highest BCUT2D eigenvalue weighted by Crippen LogP contribution is 2.24. The van der Waals surface area contributed by atoms with Gasteiger partial charge in [-0.2, -0.15) is 0 Å². The fourth-order valence-electron chi connectivity index (χ4n) is 4.08. The van der Waals surface area contributed by atoms with E-state index in [0.717, 1.165) is 17.0 Å². The van der Waals surface area contributed by atoms with E-state index in [1.165, 1.54) is 0 Å². The van der Waals surface area contributed by atoms with Gasteiger partial charge in [0.1, 0.15) is 0 Å². The average molecular weight is 460 g/mol. The fourth-order valence-corrected chi connectivity index (χ4v) is 5.47. The second kappa shape index (κ2) is 10.9. The molecule has 1 amide bonds. The third kappa shape index (κ3) is 6.53. The number of nitrogens with zero attached hydrogens (tertiary/aromatic N) is 2. The smallest absolute Gasteiger partial charge is 0.410 e. The number of sulfonamides is 1. The maximum absolute atomic E-state index is 12.8. The van der Waals surface area contributed by atoms with Gasteiger partial charge in [-0.25, -0.2) is 17.9 Å². The number of hydrogen-bond donors (Lipinski definition) is 1. The van der Waals surface area contributed by atoms with E-state index >= 15 is 0 Å². The summed E-state index contributed by atoms with van der Waals surface area (Å²) < 4.78 is 33.4. The summed E-state index contributed by atoms with van der Waals surface area (Å²) in [7, 11) is -3.43. The molecule has 2 atom stereocenters. The Morgan fingerprint density at radius 1 is 1.19 bits per heavy atom. The van der Waals surface area contributed by atoms with Crippen molar-refractivity contribution in [3.05, 3.63) is 54.2 Å². The molecule has 0 spiro atoms. The molecule has 2 heterocycles. The highest BCUT2D eigenvalue weighted by molar-refractivity contribution is 7.89. The first kappa shape index (κ1) is 24.2. The summed E-state index contributed by atoms with van der Waals surface area (Å²) >= 11 is 0. The standard InChI is InChI=1S/C24H33N3O4S/c1-4-16-32(29,30)26-22-14-9-15-27(24(28)31-18(2)3)23(22)17-20-12-8-13-21(25-20)19-10-6-5-7-11-19/h5-8,10-13,18,22-23,26H,4,9,14-17H2,1-3H3. The Morgan fingerprint density at radius 2 is 1.94 bits per heavy atom. The van der Waals surface area contributed by atoms with Crippen molar-refractivity contribution in [2.75, 3.05) is 12.3 Å². The molecule has 7 nitrogen and oxygen atoms in total. The normalized spacial score (nSPS) is 19.2. The molecule has 0 aliphatic carbocycles. The van der Waals surface area contributed by atoms with E-state index in [1.807, 2.05) is 69.3 Å². The summed E-state index contributed by atoms with van der Waals surface area (Å²) in [4.78, 5) is 19.3. The van der Waals surface area contributed by atoms with Crippen molar-refractivity contribution >= 4 is 16.1 Å². The molecule has 2 unspecified atom stereocenters. The van der Waals surface area contributed by atoms with Crippen LogP contribution in [0.5, 0.6) is 0 Å². The quantitative estimate of drug-likeness (QED) is 0.645. The lowest BCUT2D eigenvalue weighted by Crippen LogP contribution is -2.58. The molecule has 8 heteroatoms. The monoisotopic (exact) mass is 459 g/mol. The third-order valence-electron chi connectivity index (χ3n) is 5.45. The number of likely N-dealkylation sites (tertiary alicyclic amines) is 1. The van der Waals surface area contributed by atoms with Crippen LogP contribution in [0.4, 0.5) is 4.79 Å². The Labute approximate surface area is 191 Å². The zero-order valence-corrected chi connectivity index (χ0v) is 19.8. The number of ether oxygens (including phenoxy) is 1. The Bertz CT molecular complexity index is 995. The first-order valence-corrected chi connectivity index (χ1v) is 12.9. The number of rotatable bonds is 8. The lowest BCUT2D eigenvalue weighted by molar-refractivity contribution is 0.0459. The van der Waals surface area contributed by atoms with Crippen molar-refractivity contribution in [1.82, 2.24) is 14.6 Å². The van der Waals surface area contributed by atoms with Gasteiger partial charge in [-0.15, -0.1) is 0 Å². The number of carbonyl (C=O) groups is 1. The largest absolute Gasteiger partial charge is 0.447 e. The van der Waals surface area contributed by atoms with Crippen LogP contribution in [0.2, 0.25) is 0 Å². The van der Waals surface area contributed by atoms with Gasteiger partial charge in [0.25, 0.3) is 0 Å². The second-order valence-electron chi connectivity index (χ2n) is 8.46. The van der Waals surface area contributed by atoms with Crippen molar-refractivity contribution in [3.63, 3.8) is 0 Å². The summed E-state index contributed by atoms with van der Waals surface area (Å²) in [6, 6.07) is 14.9. The van der Waals surface area contributed by atoms with Crippen LogP contribution in [0, 0.1) is 0 Å². The van der Waals surface area contributed by atoms with Crippen LogP contribution in [0.1, 0.15) is 45.7 Å². The van der Waals surface area contributed by atoms with Crippen molar-refractivity contribution < 1.29 is 17.9 Å². The molecule has 1 aliphatic rings. The predicted octanol–water partition coefficient (Wildman–Crippen LogP) is 4.00. The highest BCUT2D eigenvalue weighted by Gasteiger charge is 2.37. The van der Waals surface area contributed by atoms with Gasteiger partial charge in [-0.1, -0.05) is 43.3 Å². The number of benzene rings is 1. The summed E-state index contributed by atoms with van der Waals surface area (Å²) in [6.07, 6.45) is 1.68. The van der Waals surface area contributed by atoms with Crippen LogP contribution >= 0.6 is 0 Å². The van der Waals surface area contributed by atoms with E-state index in [1.54, 1.807) is 4.90 Å². The molecule has 1 saturated heterocycles. The molecule has 1 aromatic heterocycles. The Morgan fingerprint density at radius 3 is 2.62 bits per heavy atom. The molecule has 2 aromatic rings. The van der Waals surface area contributed by atoms with Gasteiger partial charge < -0.3 is 9.64 Å². The molecule has 174 valence electrons. The molecule has 1 aliphatic heterocycles. The van der Waals surface area contributed by atoms with E-state index in [-0.39, 0.29) is 23.9 Å². The van der Waals surface area contributed by atoms with Gasteiger partial charge in [-0.3, -0.25) is 4.98 Å². The minimum Gasteiger partial charge on any atom is -0.447 e. The van der Waals surface area contributed by atoms with Crippen molar-refractivity contribution in [3.8, 4) is 11.3 Å². The lowest BCUT2D eigenvalue weighted by atomic mass is 9.93. The molecule has 1 fully saturated rings. The zero-order valence-electron chi connectivity index (χ0n) is 19.0. The van der Waals surface area contributed by atoms with Crippen LogP contribution in [0.25, 0.3) is 11.3 Å². The molecule has 1 aromatic carbocycles. The van der Waals surface area contributed by atoms with E-state index in [9.17, 15) is 13.2 Å². The summed E-state index contributed by atoms with van der Waals surface area (Å²) in [5, 5.41) is 0. The summed E-state index contributed by atoms with van der Waals surface area (Å²) in [5.74, 6) is 0.0639.